The SMILES string of the molecule is Cc1cc(N)n(-c2cc(F)cc(F)c2)n1. The van der Waals surface area contributed by atoms with Gasteiger partial charge in [0.2, 0.25) is 0 Å². The maximum absolute atomic E-state index is 12.9. The van der Waals surface area contributed by atoms with Crippen LogP contribution in [-0.4, -0.2) is 9.78 Å². The van der Waals surface area contributed by atoms with E-state index in [1.165, 1.54) is 16.8 Å². The van der Waals surface area contributed by atoms with Gasteiger partial charge in [-0.1, -0.05) is 0 Å². The zero-order chi connectivity index (χ0) is 11.0. The zero-order valence-electron chi connectivity index (χ0n) is 8.04. The summed E-state index contributed by atoms with van der Waals surface area (Å²) >= 11 is 0. The Morgan fingerprint density at radius 3 is 2.20 bits per heavy atom. The third-order valence-corrected chi connectivity index (χ3v) is 1.95. The Kier molecular flexibility index (Phi) is 2.15. The molecule has 0 aliphatic heterocycles. The summed E-state index contributed by atoms with van der Waals surface area (Å²) in [6.45, 7) is 1.75. The molecule has 2 N–H and O–H groups in total. The Labute approximate surface area is 85.1 Å². The minimum absolute atomic E-state index is 0.276. The van der Waals surface area contributed by atoms with Crippen molar-refractivity contribution >= 4 is 5.82 Å². The summed E-state index contributed by atoms with van der Waals surface area (Å²) in [5.41, 5.74) is 6.60. The van der Waals surface area contributed by atoms with Gasteiger partial charge < -0.3 is 5.73 Å². The number of benzene rings is 1. The molecule has 0 fully saturated rings. The summed E-state index contributed by atoms with van der Waals surface area (Å²) in [7, 11) is 0. The normalized spacial score (nSPS) is 10.6. The minimum Gasteiger partial charge on any atom is -0.384 e. The molecule has 0 atom stereocenters. The molecular formula is C10H9F2N3. The van der Waals surface area contributed by atoms with Gasteiger partial charge in [-0.2, -0.15) is 5.10 Å². The Morgan fingerprint density at radius 2 is 1.73 bits per heavy atom. The van der Waals surface area contributed by atoms with E-state index in [1.807, 2.05) is 0 Å². The zero-order valence-corrected chi connectivity index (χ0v) is 8.04. The second-order valence-corrected chi connectivity index (χ2v) is 3.25. The Bertz CT molecular complexity index is 485. The molecule has 15 heavy (non-hydrogen) atoms. The largest absolute Gasteiger partial charge is 0.384 e. The smallest absolute Gasteiger partial charge is 0.128 e. The van der Waals surface area contributed by atoms with Gasteiger partial charge in [0.25, 0.3) is 0 Å². The molecule has 2 rings (SSSR count). The fraction of sp³-hybridized carbons (Fsp3) is 0.100. The first-order valence-electron chi connectivity index (χ1n) is 4.35. The first kappa shape index (κ1) is 9.64. The quantitative estimate of drug-likeness (QED) is 0.781. The maximum atomic E-state index is 12.9. The number of hydrogen-bond donors (Lipinski definition) is 1. The number of nitrogen functional groups attached to an aromatic ring is 1. The average Bonchev–Trinajstić information content (AvgIpc) is 2.43. The predicted molar refractivity (Wildman–Crippen MR) is 52.6 cm³/mol. The van der Waals surface area contributed by atoms with Crippen molar-refractivity contribution in [1.29, 1.82) is 0 Å². The summed E-state index contributed by atoms with van der Waals surface area (Å²) in [6, 6.07) is 4.77. The van der Waals surface area contributed by atoms with Crippen molar-refractivity contribution in [1.82, 2.24) is 9.78 Å². The standard InChI is InChI=1S/C10H9F2N3/c1-6-2-10(13)15(14-6)9-4-7(11)3-8(12)5-9/h2-5H,13H2,1H3. The van der Waals surface area contributed by atoms with Crippen LogP contribution in [0.1, 0.15) is 5.69 Å². The van der Waals surface area contributed by atoms with Gasteiger partial charge in [-0.25, -0.2) is 13.5 Å². The fourth-order valence-electron chi connectivity index (χ4n) is 1.39. The number of hydrogen-bond acceptors (Lipinski definition) is 2. The summed E-state index contributed by atoms with van der Waals surface area (Å²) < 4.78 is 27.2. The van der Waals surface area contributed by atoms with Crippen LogP contribution >= 0.6 is 0 Å². The van der Waals surface area contributed by atoms with E-state index in [4.69, 9.17) is 5.73 Å². The van der Waals surface area contributed by atoms with E-state index in [0.717, 1.165) is 6.07 Å². The van der Waals surface area contributed by atoms with E-state index in [0.29, 0.717) is 11.5 Å². The molecule has 1 aromatic carbocycles. The monoisotopic (exact) mass is 209 g/mol. The molecule has 0 amide bonds. The predicted octanol–water partition coefficient (Wildman–Crippen LogP) is 2.04. The fourth-order valence-corrected chi connectivity index (χ4v) is 1.39. The summed E-state index contributed by atoms with van der Waals surface area (Å²) in [6.07, 6.45) is 0. The first-order valence-corrected chi connectivity index (χ1v) is 4.35. The lowest BCUT2D eigenvalue weighted by molar-refractivity contribution is 0.580. The molecule has 1 heterocycles. The van der Waals surface area contributed by atoms with Crippen molar-refractivity contribution in [3.8, 4) is 5.69 Å². The van der Waals surface area contributed by atoms with Gasteiger partial charge in [0.05, 0.1) is 11.4 Å². The van der Waals surface area contributed by atoms with E-state index in [9.17, 15) is 8.78 Å². The molecule has 0 unspecified atom stereocenters. The molecule has 78 valence electrons. The van der Waals surface area contributed by atoms with Gasteiger partial charge in [-0.15, -0.1) is 0 Å². The molecule has 0 aliphatic carbocycles. The number of nitrogens with zero attached hydrogens (tertiary/aromatic N) is 2. The lowest BCUT2D eigenvalue weighted by Gasteiger charge is -2.03. The number of nitrogens with two attached hydrogens (primary N) is 1. The topological polar surface area (TPSA) is 43.8 Å². The van der Waals surface area contributed by atoms with E-state index in [-0.39, 0.29) is 5.69 Å². The highest BCUT2D eigenvalue weighted by molar-refractivity contribution is 5.42. The van der Waals surface area contributed by atoms with Crippen LogP contribution < -0.4 is 5.73 Å². The van der Waals surface area contributed by atoms with Crippen molar-refractivity contribution < 1.29 is 8.78 Å². The molecule has 0 bridgehead atoms. The van der Waals surface area contributed by atoms with Crippen molar-refractivity contribution in [2.75, 3.05) is 5.73 Å². The van der Waals surface area contributed by atoms with Crippen LogP contribution in [0.25, 0.3) is 5.69 Å². The van der Waals surface area contributed by atoms with Gasteiger partial charge in [0.15, 0.2) is 0 Å². The molecule has 0 spiro atoms. The van der Waals surface area contributed by atoms with Gasteiger partial charge in [0.1, 0.15) is 17.5 Å². The van der Waals surface area contributed by atoms with E-state index < -0.39 is 11.6 Å². The van der Waals surface area contributed by atoms with Crippen LogP contribution in [0.2, 0.25) is 0 Å². The Morgan fingerprint density at radius 1 is 1.13 bits per heavy atom. The lowest BCUT2D eigenvalue weighted by Crippen LogP contribution is -2.02. The maximum Gasteiger partial charge on any atom is 0.128 e. The third-order valence-electron chi connectivity index (χ3n) is 1.95. The molecule has 0 aliphatic rings. The number of anilines is 1. The summed E-state index contributed by atoms with van der Waals surface area (Å²) in [5.74, 6) is -0.965. The first-order chi connectivity index (χ1) is 7.06. The van der Waals surface area contributed by atoms with Crippen molar-refractivity contribution in [3.05, 3.63) is 41.6 Å². The highest BCUT2D eigenvalue weighted by Crippen LogP contribution is 2.16. The van der Waals surface area contributed by atoms with Crippen molar-refractivity contribution in [2.24, 2.45) is 0 Å². The van der Waals surface area contributed by atoms with Crippen LogP contribution in [0, 0.1) is 18.6 Å². The third kappa shape index (κ3) is 1.81. The molecule has 3 nitrogen and oxygen atoms in total. The molecule has 5 heteroatoms. The van der Waals surface area contributed by atoms with E-state index >= 15 is 0 Å². The number of aromatic nitrogens is 2. The van der Waals surface area contributed by atoms with Crippen LogP contribution in [-0.2, 0) is 0 Å². The Hall–Kier alpha value is -1.91. The second-order valence-electron chi connectivity index (χ2n) is 3.25. The number of rotatable bonds is 1. The van der Waals surface area contributed by atoms with E-state index in [2.05, 4.69) is 5.10 Å². The van der Waals surface area contributed by atoms with Gasteiger partial charge in [0, 0.05) is 12.1 Å². The van der Waals surface area contributed by atoms with Crippen LogP contribution in [0.3, 0.4) is 0 Å². The number of halogens is 2. The van der Waals surface area contributed by atoms with Gasteiger partial charge in [-0.3, -0.25) is 0 Å². The van der Waals surface area contributed by atoms with Crippen molar-refractivity contribution in [2.45, 2.75) is 6.92 Å². The van der Waals surface area contributed by atoms with Crippen LogP contribution in [0.15, 0.2) is 24.3 Å². The highest BCUT2D eigenvalue weighted by Gasteiger charge is 2.07. The molecule has 0 saturated carbocycles. The summed E-state index contributed by atoms with van der Waals surface area (Å²) in [4.78, 5) is 0. The Balaban J connectivity index is 2.58. The lowest BCUT2D eigenvalue weighted by atomic mass is 10.3. The average molecular weight is 209 g/mol. The highest BCUT2D eigenvalue weighted by atomic mass is 19.1. The van der Waals surface area contributed by atoms with Crippen LogP contribution in [0.4, 0.5) is 14.6 Å². The minimum atomic E-state index is -0.655. The molecule has 1 aromatic heterocycles. The molecule has 2 aromatic rings. The second kappa shape index (κ2) is 3.34. The van der Waals surface area contributed by atoms with Crippen molar-refractivity contribution in [3.63, 3.8) is 0 Å². The molecular weight excluding hydrogens is 200 g/mol. The van der Waals surface area contributed by atoms with Gasteiger partial charge >= 0.3 is 0 Å². The number of aryl methyl sites for hydroxylation is 1. The van der Waals surface area contributed by atoms with Gasteiger partial charge in [-0.05, 0) is 19.1 Å². The summed E-state index contributed by atoms with van der Waals surface area (Å²) in [5, 5.41) is 4.02. The molecule has 0 radical (unpaired) electrons. The molecule has 0 saturated heterocycles. The van der Waals surface area contributed by atoms with E-state index in [1.54, 1.807) is 13.0 Å². The van der Waals surface area contributed by atoms with Crippen LogP contribution in [0.5, 0.6) is 0 Å².